The summed E-state index contributed by atoms with van der Waals surface area (Å²) in [5.41, 5.74) is 2.17. The first kappa shape index (κ1) is 21.5. The third-order valence-corrected chi connectivity index (χ3v) is 7.01. The quantitative estimate of drug-likeness (QED) is 0.706. The lowest BCUT2D eigenvalue weighted by molar-refractivity contribution is -0.132. The molecule has 0 radical (unpaired) electrons. The van der Waals surface area contributed by atoms with Gasteiger partial charge in [0.1, 0.15) is 0 Å². The Bertz CT molecular complexity index is 807. The van der Waals surface area contributed by atoms with Gasteiger partial charge in [-0.2, -0.15) is 0 Å². The van der Waals surface area contributed by atoms with Crippen LogP contribution < -0.4 is 0 Å². The van der Waals surface area contributed by atoms with E-state index in [1.165, 1.54) is 5.56 Å². The van der Waals surface area contributed by atoms with Gasteiger partial charge in [-0.1, -0.05) is 30.3 Å². The predicted octanol–water partition coefficient (Wildman–Crippen LogP) is 3.62. The molecular formula is C24H33N3O2S. The maximum atomic E-state index is 12.8. The average molecular weight is 428 g/mol. The van der Waals surface area contributed by atoms with Gasteiger partial charge in [0.2, 0.25) is 5.91 Å². The molecule has 2 saturated heterocycles. The zero-order valence-corrected chi connectivity index (χ0v) is 18.9. The third-order valence-electron chi connectivity index (χ3n) is 6.11. The van der Waals surface area contributed by atoms with Gasteiger partial charge in [0.05, 0.1) is 29.3 Å². The Kier molecular flexibility index (Phi) is 7.18. The fraction of sp³-hybridized carbons (Fsp3) is 0.583. The molecule has 1 aromatic heterocycles. The minimum Gasteiger partial charge on any atom is -0.373 e. The average Bonchev–Trinajstić information content (AvgIpc) is 3.15. The Balaban J connectivity index is 1.22. The van der Waals surface area contributed by atoms with Crippen LogP contribution in [0.2, 0.25) is 0 Å². The topological polar surface area (TPSA) is 45.7 Å². The Morgan fingerprint density at radius 2 is 1.83 bits per heavy atom. The van der Waals surface area contributed by atoms with Gasteiger partial charge in [0, 0.05) is 44.5 Å². The van der Waals surface area contributed by atoms with Crippen LogP contribution in [0.3, 0.4) is 0 Å². The minimum atomic E-state index is 0.221. The molecule has 1 aromatic carbocycles. The normalized spacial score (nSPS) is 23.6. The summed E-state index contributed by atoms with van der Waals surface area (Å²) in [7, 11) is 0. The van der Waals surface area contributed by atoms with Crippen LogP contribution in [0.1, 0.15) is 43.0 Å². The van der Waals surface area contributed by atoms with Crippen molar-refractivity contribution in [2.75, 3.05) is 32.7 Å². The molecule has 6 heteroatoms. The highest BCUT2D eigenvalue weighted by atomic mass is 32.1. The molecule has 2 aliphatic rings. The minimum absolute atomic E-state index is 0.221. The SMILES string of the molecule is CC1CN(CC2CCN(C(=O)Cc3csc(Cc4ccccc4)n3)CC2)CC(C)O1. The lowest BCUT2D eigenvalue weighted by atomic mass is 9.95. The highest BCUT2D eigenvalue weighted by molar-refractivity contribution is 7.09. The molecule has 0 aliphatic carbocycles. The van der Waals surface area contributed by atoms with E-state index in [9.17, 15) is 4.79 Å². The van der Waals surface area contributed by atoms with Crippen LogP contribution in [0.4, 0.5) is 0 Å². The molecule has 2 atom stereocenters. The molecule has 0 N–H and O–H groups in total. The van der Waals surface area contributed by atoms with Gasteiger partial charge in [-0.3, -0.25) is 9.69 Å². The molecule has 0 bridgehead atoms. The van der Waals surface area contributed by atoms with Crippen LogP contribution in [0.25, 0.3) is 0 Å². The molecule has 30 heavy (non-hydrogen) atoms. The molecule has 0 saturated carbocycles. The van der Waals surface area contributed by atoms with Crippen LogP contribution in [0.15, 0.2) is 35.7 Å². The van der Waals surface area contributed by atoms with E-state index >= 15 is 0 Å². The molecule has 2 aliphatic heterocycles. The maximum Gasteiger partial charge on any atom is 0.228 e. The van der Waals surface area contributed by atoms with Crippen molar-refractivity contribution in [1.82, 2.24) is 14.8 Å². The summed E-state index contributed by atoms with van der Waals surface area (Å²) in [5.74, 6) is 0.905. The summed E-state index contributed by atoms with van der Waals surface area (Å²) in [6, 6.07) is 10.4. The van der Waals surface area contributed by atoms with Crippen molar-refractivity contribution < 1.29 is 9.53 Å². The summed E-state index contributed by atoms with van der Waals surface area (Å²) >= 11 is 1.66. The first-order chi connectivity index (χ1) is 14.5. The van der Waals surface area contributed by atoms with Crippen molar-refractivity contribution in [3.05, 3.63) is 52.0 Å². The Morgan fingerprint density at radius 3 is 2.53 bits per heavy atom. The lowest BCUT2D eigenvalue weighted by Gasteiger charge is -2.39. The van der Waals surface area contributed by atoms with Crippen molar-refractivity contribution in [2.24, 2.45) is 5.92 Å². The molecule has 2 fully saturated rings. The van der Waals surface area contributed by atoms with E-state index in [4.69, 9.17) is 9.72 Å². The number of ether oxygens (including phenoxy) is 1. The van der Waals surface area contributed by atoms with Gasteiger partial charge in [0.15, 0.2) is 0 Å². The molecule has 4 rings (SSSR count). The second-order valence-corrected chi connectivity index (χ2v) is 9.81. The van der Waals surface area contributed by atoms with Crippen molar-refractivity contribution in [3.63, 3.8) is 0 Å². The smallest absolute Gasteiger partial charge is 0.228 e. The van der Waals surface area contributed by atoms with Gasteiger partial charge in [-0.15, -0.1) is 11.3 Å². The molecule has 3 heterocycles. The van der Waals surface area contributed by atoms with Crippen LogP contribution in [-0.4, -0.2) is 65.6 Å². The van der Waals surface area contributed by atoms with Crippen LogP contribution >= 0.6 is 11.3 Å². The third kappa shape index (κ3) is 5.90. The number of benzene rings is 1. The van der Waals surface area contributed by atoms with Crippen molar-refractivity contribution >= 4 is 17.2 Å². The van der Waals surface area contributed by atoms with Crippen LogP contribution in [-0.2, 0) is 22.4 Å². The van der Waals surface area contributed by atoms with Crippen molar-refractivity contribution in [2.45, 2.75) is 51.7 Å². The van der Waals surface area contributed by atoms with Gasteiger partial charge in [0.25, 0.3) is 0 Å². The summed E-state index contributed by atoms with van der Waals surface area (Å²) in [6.07, 6.45) is 4.10. The van der Waals surface area contributed by atoms with Gasteiger partial charge in [-0.25, -0.2) is 4.98 Å². The molecule has 162 valence electrons. The number of carbonyl (C=O) groups is 1. The van der Waals surface area contributed by atoms with Gasteiger partial charge in [-0.05, 0) is 38.2 Å². The van der Waals surface area contributed by atoms with E-state index in [0.29, 0.717) is 24.5 Å². The van der Waals surface area contributed by atoms with E-state index < -0.39 is 0 Å². The molecule has 1 amide bonds. The fourth-order valence-corrected chi connectivity index (χ4v) is 5.54. The van der Waals surface area contributed by atoms with E-state index in [-0.39, 0.29) is 5.91 Å². The van der Waals surface area contributed by atoms with Crippen molar-refractivity contribution in [1.29, 1.82) is 0 Å². The first-order valence-corrected chi connectivity index (χ1v) is 12.1. The van der Waals surface area contributed by atoms with Gasteiger partial charge >= 0.3 is 0 Å². The number of amides is 1. The first-order valence-electron chi connectivity index (χ1n) is 11.2. The fourth-order valence-electron chi connectivity index (χ4n) is 4.71. The number of hydrogen-bond donors (Lipinski definition) is 0. The maximum absolute atomic E-state index is 12.8. The Morgan fingerprint density at radius 1 is 1.13 bits per heavy atom. The Labute approximate surface area is 184 Å². The molecule has 5 nitrogen and oxygen atoms in total. The number of hydrogen-bond acceptors (Lipinski definition) is 5. The van der Waals surface area contributed by atoms with E-state index in [1.807, 2.05) is 16.3 Å². The number of morpholine rings is 1. The predicted molar refractivity (Wildman–Crippen MR) is 121 cm³/mol. The van der Waals surface area contributed by atoms with Crippen LogP contribution in [0.5, 0.6) is 0 Å². The Hall–Kier alpha value is -1.76. The zero-order valence-electron chi connectivity index (χ0n) is 18.1. The monoisotopic (exact) mass is 427 g/mol. The molecular weight excluding hydrogens is 394 g/mol. The summed E-state index contributed by atoms with van der Waals surface area (Å²) in [4.78, 5) is 22.1. The number of thiazole rings is 1. The summed E-state index contributed by atoms with van der Waals surface area (Å²) in [5, 5.41) is 3.13. The second-order valence-electron chi connectivity index (χ2n) is 8.87. The van der Waals surface area contributed by atoms with Gasteiger partial charge < -0.3 is 9.64 Å². The summed E-state index contributed by atoms with van der Waals surface area (Å²) in [6.45, 7) is 9.26. The van der Waals surface area contributed by atoms with E-state index in [2.05, 4.69) is 43.0 Å². The number of nitrogens with zero attached hydrogens (tertiary/aromatic N) is 3. The molecule has 2 unspecified atom stereocenters. The zero-order chi connectivity index (χ0) is 20.9. The summed E-state index contributed by atoms with van der Waals surface area (Å²) < 4.78 is 5.85. The van der Waals surface area contributed by atoms with E-state index in [0.717, 1.165) is 62.7 Å². The number of aromatic nitrogens is 1. The molecule has 0 spiro atoms. The number of likely N-dealkylation sites (tertiary alicyclic amines) is 1. The van der Waals surface area contributed by atoms with Crippen molar-refractivity contribution in [3.8, 4) is 0 Å². The standard InChI is InChI=1S/C24H33N3O2S/c1-18-14-26(15-19(2)29-18)16-21-8-10-27(11-9-21)24(28)13-22-17-30-23(25-22)12-20-6-4-3-5-7-20/h3-7,17-19,21H,8-16H2,1-2H3. The van der Waals surface area contributed by atoms with E-state index in [1.54, 1.807) is 11.3 Å². The second kappa shape index (κ2) is 10.0. The number of piperidine rings is 1. The highest BCUT2D eigenvalue weighted by Crippen LogP contribution is 2.22. The van der Waals surface area contributed by atoms with Crippen LogP contribution in [0, 0.1) is 5.92 Å². The highest BCUT2D eigenvalue weighted by Gasteiger charge is 2.28. The number of rotatable bonds is 6. The lowest BCUT2D eigenvalue weighted by Crippen LogP contribution is -2.48. The number of carbonyl (C=O) groups excluding carboxylic acids is 1. The largest absolute Gasteiger partial charge is 0.373 e. The molecule has 2 aromatic rings.